The van der Waals surface area contributed by atoms with Crippen molar-refractivity contribution in [3.63, 3.8) is 0 Å². The van der Waals surface area contributed by atoms with Crippen LogP contribution >= 0.6 is 24.0 Å². The van der Waals surface area contributed by atoms with Crippen LogP contribution in [0.15, 0.2) is 29.3 Å². The van der Waals surface area contributed by atoms with Gasteiger partial charge in [-0.2, -0.15) is 0 Å². The Kier molecular flexibility index (Phi) is 10.2. The van der Waals surface area contributed by atoms with Gasteiger partial charge in [0.25, 0.3) is 0 Å². The molecule has 0 spiro atoms. The lowest BCUT2D eigenvalue weighted by molar-refractivity contribution is 0.685. The Hall–Kier alpha value is -0.980. The van der Waals surface area contributed by atoms with Gasteiger partial charge in [0.05, 0.1) is 0 Å². The van der Waals surface area contributed by atoms with Crippen LogP contribution in [0.5, 0.6) is 0 Å². The number of hydrogen-bond acceptors (Lipinski definition) is 2. The molecule has 0 aromatic heterocycles. The maximum Gasteiger partial charge on any atom is 0.191 e. The number of nitrogens with one attached hydrogen (secondary N) is 2. The van der Waals surface area contributed by atoms with Gasteiger partial charge in [0.1, 0.15) is 0 Å². The molecule has 1 aromatic carbocycles. The zero-order valence-electron chi connectivity index (χ0n) is 13.8. The van der Waals surface area contributed by atoms with Gasteiger partial charge in [-0.3, -0.25) is 4.99 Å². The number of rotatable bonds is 6. The maximum atomic E-state index is 4.19. The number of aliphatic imine (C=N–C) groups is 1. The predicted octanol–water partition coefficient (Wildman–Crippen LogP) is 2.88. The summed E-state index contributed by atoms with van der Waals surface area (Å²) in [6, 6.07) is 9.15. The van der Waals surface area contributed by atoms with Crippen molar-refractivity contribution in [2.24, 2.45) is 4.99 Å². The van der Waals surface area contributed by atoms with E-state index in [-0.39, 0.29) is 24.0 Å². The molecule has 0 unspecified atom stereocenters. The molecule has 4 nitrogen and oxygen atoms in total. The highest BCUT2D eigenvalue weighted by atomic mass is 127. The van der Waals surface area contributed by atoms with Crippen LogP contribution < -0.4 is 15.5 Å². The number of nitrogens with zero attached hydrogens (tertiary/aromatic N) is 2. The van der Waals surface area contributed by atoms with Crippen LogP contribution in [0.3, 0.4) is 0 Å². The number of guanidine groups is 1. The highest BCUT2D eigenvalue weighted by molar-refractivity contribution is 14.0. The quantitative estimate of drug-likeness (QED) is 0.332. The summed E-state index contributed by atoms with van der Waals surface area (Å²) in [7, 11) is 5.93. The second-order valence-electron chi connectivity index (χ2n) is 5.46. The number of halogens is 1. The fraction of sp³-hybridized carbons (Fsp3) is 0.562. The Morgan fingerprint density at radius 3 is 2.29 bits per heavy atom. The van der Waals surface area contributed by atoms with Crippen LogP contribution in [0.25, 0.3) is 0 Å². The largest absolute Gasteiger partial charge is 0.378 e. The van der Waals surface area contributed by atoms with Crippen molar-refractivity contribution in [1.29, 1.82) is 0 Å². The molecule has 0 amide bonds. The SMILES string of the molecule is CN=C(NCCCc1ccc(N(C)C)cc1)NC(C)C.I. The van der Waals surface area contributed by atoms with Crippen molar-refractivity contribution >= 4 is 35.6 Å². The molecule has 1 aromatic rings. The standard InChI is InChI=1S/C16H28N4.HI/c1-13(2)19-16(17-3)18-12-6-7-14-8-10-15(11-9-14)20(4)5;/h8-11,13H,6-7,12H2,1-5H3,(H2,17,18,19);1H. The fourth-order valence-corrected chi connectivity index (χ4v) is 1.93. The monoisotopic (exact) mass is 404 g/mol. The molecule has 0 aliphatic rings. The average Bonchev–Trinajstić information content (AvgIpc) is 2.42. The lowest BCUT2D eigenvalue weighted by Gasteiger charge is -2.14. The Labute approximate surface area is 146 Å². The van der Waals surface area contributed by atoms with Crippen LogP contribution in [0.1, 0.15) is 25.8 Å². The van der Waals surface area contributed by atoms with Gasteiger partial charge >= 0.3 is 0 Å². The Balaban J connectivity index is 0.00000400. The highest BCUT2D eigenvalue weighted by Crippen LogP contribution is 2.13. The maximum absolute atomic E-state index is 4.19. The number of benzene rings is 1. The lowest BCUT2D eigenvalue weighted by atomic mass is 10.1. The summed E-state index contributed by atoms with van der Waals surface area (Å²) < 4.78 is 0. The van der Waals surface area contributed by atoms with Gasteiger partial charge in [-0.15, -0.1) is 24.0 Å². The molecule has 0 atom stereocenters. The topological polar surface area (TPSA) is 39.7 Å². The molecule has 0 aliphatic heterocycles. The van der Waals surface area contributed by atoms with Gasteiger partial charge in [0, 0.05) is 39.4 Å². The van der Waals surface area contributed by atoms with Crippen LogP contribution in [0, 0.1) is 0 Å². The first-order valence-corrected chi connectivity index (χ1v) is 7.26. The molecule has 0 heterocycles. The van der Waals surface area contributed by atoms with Crippen molar-refractivity contribution in [1.82, 2.24) is 10.6 Å². The van der Waals surface area contributed by atoms with E-state index in [2.05, 4.69) is 72.7 Å². The zero-order valence-corrected chi connectivity index (χ0v) is 16.1. The summed E-state index contributed by atoms with van der Waals surface area (Å²) in [6.07, 6.45) is 2.18. The molecule has 5 heteroatoms. The van der Waals surface area contributed by atoms with Crippen molar-refractivity contribution in [2.75, 3.05) is 32.6 Å². The molecular weight excluding hydrogens is 375 g/mol. The van der Waals surface area contributed by atoms with Crippen LogP contribution in [0.4, 0.5) is 5.69 Å². The van der Waals surface area contributed by atoms with Gasteiger partial charge in [-0.25, -0.2) is 0 Å². The highest BCUT2D eigenvalue weighted by Gasteiger charge is 2.00. The molecular formula is C16H29IN4. The summed E-state index contributed by atoms with van der Waals surface area (Å²) in [5, 5.41) is 6.61. The van der Waals surface area contributed by atoms with E-state index in [9.17, 15) is 0 Å². The first kappa shape index (κ1) is 20.0. The third kappa shape index (κ3) is 8.14. The van der Waals surface area contributed by atoms with E-state index in [1.165, 1.54) is 11.3 Å². The third-order valence-corrected chi connectivity index (χ3v) is 3.04. The van der Waals surface area contributed by atoms with Gasteiger partial charge < -0.3 is 15.5 Å². The first-order valence-electron chi connectivity index (χ1n) is 7.26. The third-order valence-electron chi connectivity index (χ3n) is 3.04. The second kappa shape index (κ2) is 10.7. The van der Waals surface area contributed by atoms with Gasteiger partial charge in [-0.1, -0.05) is 12.1 Å². The Morgan fingerprint density at radius 1 is 1.19 bits per heavy atom. The van der Waals surface area contributed by atoms with Gasteiger partial charge in [0.2, 0.25) is 0 Å². The van der Waals surface area contributed by atoms with Crippen LogP contribution in [-0.2, 0) is 6.42 Å². The lowest BCUT2D eigenvalue weighted by Crippen LogP contribution is -2.41. The minimum atomic E-state index is 0. The van der Waals surface area contributed by atoms with E-state index in [0.29, 0.717) is 6.04 Å². The first-order chi connectivity index (χ1) is 9.52. The van der Waals surface area contributed by atoms with E-state index in [4.69, 9.17) is 0 Å². The van der Waals surface area contributed by atoms with Crippen LogP contribution in [-0.4, -0.2) is 39.7 Å². The molecule has 0 bridgehead atoms. The van der Waals surface area contributed by atoms with Crippen molar-refractivity contribution in [3.8, 4) is 0 Å². The summed E-state index contributed by atoms with van der Waals surface area (Å²) in [5.41, 5.74) is 2.62. The molecule has 0 saturated heterocycles. The van der Waals surface area contributed by atoms with Crippen LogP contribution in [0.2, 0.25) is 0 Å². The molecule has 1 rings (SSSR count). The normalized spacial score (nSPS) is 11.0. The number of aryl methyl sites for hydroxylation is 1. The van der Waals surface area contributed by atoms with E-state index in [1.54, 1.807) is 7.05 Å². The average molecular weight is 404 g/mol. The molecule has 0 aliphatic carbocycles. The summed E-state index contributed by atoms with van der Waals surface area (Å²) in [6.45, 7) is 5.15. The number of anilines is 1. The second-order valence-corrected chi connectivity index (χ2v) is 5.46. The fourth-order valence-electron chi connectivity index (χ4n) is 1.93. The molecule has 21 heavy (non-hydrogen) atoms. The predicted molar refractivity (Wildman–Crippen MR) is 104 cm³/mol. The van der Waals surface area contributed by atoms with Gasteiger partial charge in [-0.05, 0) is 44.4 Å². The molecule has 2 N–H and O–H groups in total. The molecule has 0 radical (unpaired) electrons. The molecule has 0 saturated carbocycles. The minimum absolute atomic E-state index is 0. The zero-order chi connectivity index (χ0) is 15.0. The van der Waals surface area contributed by atoms with Crippen molar-refractivity contribution < 1.29 is 0 Å². The van der Waals surface area contributed by atoms with Crippen molar-refractivity contribution in [2.45, 2.75) is 32.7 Å². The summed E-state index contributed by atoms with van der Waals surface area (Å²) in [5.74, 6) is 0.878. The number of hydrogen-bond donors (Lipinski definition) is 2. The van der Waals surface area contributed by atoms with E-state index < -0.39 is 0 Å². The smallest absolute Gasteiger partial charge is 0.191 e. The van der Waals surface area contributed by atoms with E-state index in [0.717, 1.165) is 25.3 Å². The molecule has 120 valence electrons. The minimum Gasteiger partial charge on any atom is -0.378 e. The van der Waals surface area contributed by atoms with E-state index >= 15 is 0 Å². The Morgan fingerprint density at radius 2 is 1.81 bits per heavy atom. The summed E-state index contributed by atoms with van der Waals surface area (Å²) in [4.78, 5) is 6.31. The summed E-state index contributed by atoms with van der Waals surface area (Å²) >= 11 is 0. The molecule has 0 fully saturated rings. The van der Waals surface area contributed by atoms with E-state index in [1.807, 2.05) is 0 Å². The Bertz CT molecular complexity index is 413. The van der Waals surface area contributed by atoms with Crippen molar-refractivity contribution in [3.05, 3.63) is 29.8 Å². The van der Waals surface area contributed by atoms with Gasteiger partial charge in [0.15, 0.2) is 5.96 Å².